The van der Waals surface area contributed by atoms with Crippen LogP contribution in [0.3, 0.4) is 0 Å². The highest BCUT2D eigenvalue weighted by Gasteiger charge is 2.25. The van der Waals surface area contributed by atoms with Crippen molar-refractivity contribution < 1.29 is 8.42 Å². The monoisotopic (exact) mass is 252 g/mol. The van der Waals surface area contributed by atoms with Crippen molar-refractivity contribution in [3.63, 3.8) is 0 Å². The van der Waals surface area contributed by atoms with Crippen molar-refractivity contribution in [3.05, 3.63) is 30.3 Å². The number of hydrogen-bond acceptors (Lipinski definition) is 3. The Hall–Kier alpha value is -1.54. The molecule has 5 heteroatoms. The second kappa shape index (κ2) is 5.69. The Balaban J connectivity index is 3.10. The average molecular weight is 252 g/mol. The lowest BCUT2D eigenvalue weighted by molar-refractivity contribution is 0.582. The third-order valence-electron chi connectivity index (χ3n) is 2.37. The first kappa shape index (κ1) is 13.5. The molecule has 0 heterocycles. The minimum absolute atomic E-state index is 0.181. The molecule has 0 aliphatic rings. The second-order valence-electron chi connectivity index (χ2n) is 3.91. The Morgan fingerprint density at radius 2 is 1.88 bits per heavy atom. The van der Waals surface area contributed by atoms with Gasteiger partial charge in [-0.25, -0.2) is 8.42 Å². The second-order valence-corrected chi connectivity index (χ2v) is 6.32. The molecule has 0 spiro atoms. The van der Waals surface area contributed by atoms with Crippen molar-refractivity contribution in [3.8, 4) is 6.07 Å². The third kappa shape index (κ3) is 3.21. The van der Waals surface area contributed by atoms with Crippen LogP contribution < -0.4 is 4.31 Å². The van der Waals surface area contributed by atoms with E-state index in [0.29, 0.717) is 5.69 Å². The van der Waals surface area contributed by atoms with Gasteiger partial charge in [0, 0.05) is 6.54 Å². The van der Waals surface area contributed by atoms with Crippen LogP contribution in [-0.2, 0) is 10.0 Å². The Morgan fingerprint density at radius 3 is 2.35 bits per heavy atom. The minimum atomic E-state index is -3.38. The molecule has 0 unspecified atom stereocenters. The summed E-state index contributed by atoms with van der Waals surface area (Å²) in [4.78, 5) is 0. The van der Waals surface area contributed by atoms with E-state index in [9.17, 15) is 8.42 Å². The molecule has 4 nitrogen and oxygen atoms in total. The average Bonchev–Trinajstić information content (AvgIpc) is 2.30. The third-order valence-corrected chi connectivity index (χ3v) is 4.57. The number of benzene rings is 1. The van der Waals surface area contributed by atoms with Crippen LogP contribution in [0.4, 0.5) is 5.69 Å². The summed E-state index contributed by atoms with van der Waals surface area (Å²) in [7, 11) is -3.38. The molecule has 1 rings (SSSR count). The molecule has 0 saturated carbocycles. The van der Waals surface area contributed by atoms with Crippen LogP contribution >= 0.6 is 0 Å². The van der Waals surface area contributed by atoms with Gasteiger partial charge in [-0.1, -0.05) is 18.2 Å². The van der Waals surface area contributed by atoms with Crippen LogP contribution in [0.1, 0.15) is 20.3 Å². The van der Waals surface area contributed by atoms with Crippen molar-refractivity contribution in [2.24, 2.45) is 0 Å². The molecule has 0 bridgehead atoms. The van der Waals surface area contributed by atoms with Gasteiger partial charge in [0.1, 0.15) is 0 Å². The summed E-state index contributed by atoms with van der Waals surface area (Å²) < 4.78 is 25.6. The van der Waals surface area contributed by atoms with E-state index in [2.05, 4.69) is 0 Å². The topological polar surface area (TPSA) is 61.2 Å². The zero-order chi connectivity index (χ0) is 12.9. The molecule has 1 aromatic rings. The van der Waals surface area contributed by atoms with Crippen molar-refractivity contribution in [2.75, 3.05) is 10.8 Å². The first-order valence-electron chi connectivity index (χ1n) is 5.43. The molecule has 0 aliphatic heterocycles. The highest BCUT2D eigenvalue weighted by atomic mass is 32.2. The Morgan fingerprint density at radius 1 is 1.29 bits per heavy atom. The van der Waals surface area contributed by atoms with Crippen molar-refractivity contribution >= 4 is 15.7 Å². The fraction of sp³-hybridized carbons (Fsp3) is 0.417. The first-order valence-corrected chi connectivity index (χ1v) is 6.94. The predicted molar refractivity (Wildman–Crippen MR) is 68.1 cm³/mol. The largest absolute Gasteiger partial charge is 0.269 e. The molecule has 92 valence electrons. The summed E-state index contributed by atoms with van der Waals surface area (Å²) in [6, 6.07) is 10.8. The van der Waals surface area contributed by atoms with Gasteiger partial charge in [-0.15, -0.1) is 0 Å². The molecular weight excluding hydrogens is 236 g/mol. The van der Waals surface area contributed by atoms with Crippen LogP contribution in [-0.4, -0.2) is 20.2 Å². The molecular formula is C12H16N2O2S. The predicted octanol–water partition coefficient (Wildman–Crippen LogP) is 2.14. The van der Waals surface area contributed by atoms with E-state index in [4.69, 9.17) is 5.26 Å². The van der Waals surface area contributed by atoms with E-state index in [-0.39, 0.29) is 13.0 Å². The normalized spacial score (nSPS) is 11.2. The molecule has 0 radical (unpaired) electrons. The van der Waals surface area contributed by atoms with Gasteiger partial charge in [0.2, 0.25) is 10.0 Å². The fourth-order valence-electron chi connectivity index (χ4n) is 1.40. The number of para-hydroxylation sites is 1. The molecule has 0 atom stereocenters. The maximum atomic E-state index is 12.2. The minimum Gasteiger partial charge on any atom is -0.269 e. The molecule has 0 aliphatic carbocycles. The van der Waals surface area contributed by atoms with Gasteiger partial charge >= 0.3 is 0 Å². The summed E-state index contributed by atoms with van der Waals surface area (Å²) in [6.07, 6.45) is 0.181. The van der Waals surface area contributed by atoms with Crippen molar-refractivity contribution in [2.45, 2.75) is 25.5 Å². The maximum absolute atomic E-state index is 12.2. The Bertz CT molecular complexity index is 489. The van der Waals surface area contributed by atoms with Gasteiger partial charge in [0.05, 0.1) is 23.4 Å². The lowest BCUT2D eigenvalue weighted by Gasteiger charge is -2.25. The molecule has 0 saturated heterocycles. The highest BCUT2D eigenvalue weighted by molar-refractivity contribution is 7.93. The fourth-order valence-corrected chi connectivity index (χ4v) is 2.67. The molecule has 17 heavy (non-hydrogen) atoms. The number of sulfonamides is 1. The van der Waals surface area contributed by atoms with Crippen LogP contribution in [0.2, 0.25) is 0 Å². The molecule has 0 fully saturated rings. The van der Waals surface area contributed by atoms with E-state index in [0.717, 1.165) is 0 Å². The molecule has 0 amide bonds. The zero-order valence-electron chi connectivity index (χ0n) is 10.00. The number of nitrogens with zero attached hydrogens (tertiary/aromatic N) is 2. The van der Waals surface area contributed by atoms with Gasteiger partial charge in [-0.2, -0.15) is 5.26 Å². The summed E-state index contributed by atoms with van der Waals surface area (Å²) in [6.45, 7) is 3.47. The number of rotatable bonds is 5. The molecule has 0 aromatic heterocycles. The Kier molecular flexibility index (Phi) is 4.53. The number of hydrogen-bond donors (Lipinski definition) is 0. The first-order chi connectivity index (χ1) is 8.00. The highest BCUT2D eigenvalue weighted by Crippen LogP contribution is 2.20. The summed E-state index contributed by atoms with van der Waals surface area (Å²) >= 11 is 0. The van der Waals surface area contributed by atoms with Crippen molar-refractivity contribution in [1.29, 1.82) is 5.26 Å². The summed E-state index contributed by atoms with van der Waals surface area (Å²) in [5.74, 6) is 0. The van der Waals surface area contributed by atoms with Gasteiger partial charge in [-0.3, -0.25) is 4.31 Å². The zero-order valence-corrected chi connectivity index (χ0v) is 10.8. The lowest BCUT2D eigenvalue weighted by Crippen LogP contribution is -2.37. The molecule has 0 N–H and O–H groups in total. The molecule has 1 aromatic carbocycles. The van der Waals surface area contributed by atoms with Crippen LogP contribution in [0.5, 0.6) is 0 Å². The lowest BCUT2D eigenvalue weighted by atomic mass is 10.3. The van der Waals surface area contributed by atoms with Crippen LogP contribution in [0.15, 0.2) is 30.3 Å². The van der Waals surface area contributed by atoms with E-state index >= 15 is 0 Å². The van der Waals surface area contributed by atoms with E-state index < -0.39 is 15.3 Å². The number of nitriles is 1. The van der Waals surface area contributed by atoms with E-state index in [1.807, 2.05) is 12.1 Å². The van der Waals surface area contributed by atoms with Gasteiger partial charge in [-0.05, 0) is 26.0 Å². The standard InChI is InChI=1S/C12H16N2O2S/c1-11(2)17(15,16)14(10-6-9-13)12-7-4-3-5-8-12/h3-5,7-8,11H,6,10H2,1-2H3. The van der Waals surface area contributed by atoms with Gasteiger partial charge < -0.3 is 0 Å². The summed E-state index contributed by atoms with van der Waals surface area (Å²) in [5, 5.41) is 8.10. The van der Waals surface area contributed by atoms with Crippen LogP contribution in [0, 0.1) is 11.3 Å². The van der Waals surface area contributed by atoms with Crippen LogP contribution in [0.25, 0.3) is 0 Å². The SMILES string of the molecule is CC(C)S(=O)(=O)N(CCC#N)c1ccccc1. The van der Waals surface area contributed by atoms with Gasteiger partial charge in [0.25, 0.3) is 0 Å². The summed E-state index contributed by atoms with van der Waals surface area (Å²) in [5.41, 5.74) is 0.608. The van der Waals surface area contributed by atoms with Crippen molar-refractivity contribution in [1.82, 2.24) is 0 Å². The van der Waals surface area contributed by atoms with Gasteiger partial charge in [0.15, 0.2) is 0 Å². The number of anilines is 1. The maximum Gasteiger partial charge on any atom is 0.237 e. The smallest absolute Gasteiger partial charge is 0.237 e. The quantitative estimate of drug-likeness (QED) is 0.806. The van der Waals surface area contributed by atoms with E-state index in [1.165, 1.54) is 4.31 Å². The Labute approximate surface area is 103 Å². The van der Waals surface area contributed by atoms with E-state index in [1.54, 1.807) is 38.1 Å².